The van der Waals surface area contributed by atoms with Crippen LogP contribution < -0.4 is 4.74 Å². The maximum atomic E-state index is 11.9. The molecule has 1 unspecified atom stereocenters. The normalized spacial score (nSPS) is 14.3. The standard InChI is InChI=1S/C17H20O7S/c1-9-12-8-23-17(20)14(12)15(19)11(16(9)22-3)6-4-5-10(21-2)7-13(18)24-25/h4-5,10,19,25H,6-8H2,1-3H3/b5-4+. The first-order valence-electron chi connectivity index (χ1n) is 7.56. The van der Waals surface area contributed by atoms with Crippen molar-refractivity contribution in [3.05, 3.63) is 34.4 Å². The minimum atomic E-state index is -0.547. The molecule has 0 aliphatic carbocycles. The number of fused-ring (bicyclic) bond motifs is 1. The summed E-state index contributed by atoms with van der Waals surface area (Å²) in [4.78, 5) is 23.1. The van der Waals surface area contributed by atoms with E-state index in [0.717, 1.165) is 5.56 Å². The van der Waals surface area contributed by atoms with Crippen LogP contribution in [0.15, 0.2) is 12.2 Å². The van der Waals surface area contributed by atoms with Crippen LogP contribution in [-0.2, 0) is 31.5 Å². The number of carbonyl (C=O) groups excluding carboxylic acids is 2. The summed E-state index contributed by atoms with van der Waals surface area (Å²) in [6.45, 7) is 1.94. The first kappa shape index (κ1) is 19.1. The molecule has 0 aromatic heterocycles. The molecule has 7 nitrogen and oxygen atoms in total. The zero-order valence-corrected chi connectivity index (χ0v) is 15.1. The molecule has 0 radical (unpaired) electrons. The van der Waals surface area contributed by atoms with Crippen LogP contribution >= 0.6 is 12.9 Å². The number of cyclic esters (lactones) is 1. The fourth-order valence-electron chi connectivity index (χ4n) is 2.80. The van der Waals surface area contributed by atoms with E-state index in [0.29, 0.717) is 16.9 Å². The Labute approximate surface area is 151 Å². The van der Waals surface area contributed by atoms with Crippen molar-refractivity contribution < 1.29 is 33.1 Å². The van der Waals surface area contributed by atoms with Crippen molar-refractivity contribution in [2.45, 2.75) is 32.5 Å². The lowest BCUT2D eigenvalue weighted by Crippen LogP contribution is -2.13. The smallest absolute Gasteiger partial charge is 0.342 e. The molecule has 1 aliphatic rings. The molecule has 0 amide bonds. The van der Waals surface area contributed by atoms with E-state index in [1.807, 2.05) is 6.92 Å². The van der Waals surface area contributed by atoms with Crippen LogP contribution in [0.3, 0.4) is 0 Å². The number of esters is 1. The summed E-state index contributed by atoms with van der Waals surface area (Å²) in [7, 11) is 2.97. The van der Waals surface area contributed by atoms with E-state index in [-0.39, 0.29) is 30.8 Å². The second kappa shape index (κ2) is 8.26. The van der Waals surface area contributed by atoms with Gasteiger partial charge in [-0.15, -0.1) is 0 Å². The Morgan fingerprint density at radius 1 is 1.44 bits per heavy atom. The van der Waals surface area contributed by atoms with Gasteiger partial charge in [0.05, 0.1) is 19.6 Å². The quantitative estimate of drug-likeness (QED) is 0.330. The van der Waals surface area contributed by atoms with Crippen molar-refractivity contribution in [2.24, 2.45) is 0 Å². The van der Waals surface area contributed by atoms with Crippen LogP contribution in [0.5, 0.6) is 11.5 Å². The average Bonchev–Trinajstić information content (AvgIpc) is 3.00. The van der Waals surface area contributed by atoms with Gasteiger partial charge in [-0.1, -0.05) is 12.2 Å². The largest absolute Gasteiger partial charge is 0.507 e. The minimum Gasteiger partial charge on any atom is -0.507 e. The molecular weight excluding hydrogens is 348 g/mol. The number of ether oxygens (including phenoxy) is 3. The van der Waals surface area contributed by atoms with Gasteiger partial charge in [0.2, 0.25) is 0 Å². The fraction of sp³-hybridized carbons (Fsp3) is 0.412. The van der Waals surface area contributed by atoms with Crippen molar-refractivity contribution in [1.29, 1.82) is 0 Å². The Kier molecular flexibility index (Phi) is 6.33. The van der Waals surface area contributed by atoms with Gasteiger partial charge in [0, 0.05) is 31.1 Å². The van der Waals surface area contributed by atoms with Gasteiger partial charge in [-0.05, 0) is 18.9 Å². The number of aromatic hydroxyl groups is 1. The lowest BCUT2D eigenvalue weighted by atomic mass is 9.95. The SMILES string of the molecule is COc1c(C)c2c(c(O)c1C/C=C/C(CC(=O)OS)OC)C(=O)OC2. The molecule has 1 atom stereocenters. The number of hydrogen-bond acceptors (Lipinski definition) is 8. The van der Waals surface area contributed by atoms with Crippen molar-refractivity contribution in [2.75, 3.05) is 14.2 Å². The Bertz CT molecular complexity index is 712. The average molecular weight is 368 g/mol. The van der Waals surface area contributed by atoms with Crippen molar-refractivity contribution >= 4 is 24.8 Å². The van der Waals surface area contributed by atoms with E-state index >= 15 is 0 Å². The van der Waals surface area contributed by atoms with E-state index < -0.39 is 18.0 Å². The van der Waals surface area contributed by atoms with Gasteiger partial charge in [0.25, 0.3) is 0 Å². The fourth-order valence-corrected chi connectivity index (χ4v) is 2.87. The van der Waals surface area contributed by atoms with Crippen molar-refractivity contribution in [1.82, 2.24) is 0 Å². The second-order valence-corrected chi connectivity index (χ2v) is 5.67. The molecule has 1 aromatic rings. The summed E-state index contributed by atoms with van der Waals surface area (Å²) < 4.78 is 19.9. The van der Waals surface area contributed by atoms with E-state index in [4.69, 9.17) is 14.2 Å². The van der Waals surface area contributed by atoms with Gasteiger partial charge >= 0.3 is 11.9 Å². The molecule has 0 fully saturated rings. The van der Waals surface area contributed by atoms with Gasteiger partial charge in [-0.25, -0.2) is 4.79 Å². The highest BCUT2D eigenvalue weighted by atomic mass is 32.1. The van der Waals surface area contributed by atoms with Crippen molar-refractivity contribution in [3.63, 3.8) is 0 Å². The maximum absolute atomic E-state index is 11.9. The number of carbonyl (C=O) groups is 2. The van der Waals surface area contributed by atoms with Crippen LogP contribution in [0.1, 0.15) is 33.5 Å². The summed E-state index contributed by atoms with van der Waals surface area (Å²) in [5.74, 6) is -0.706. The Balaban J connectivity index is 2.29. The molecule has 136 valence electrons. The predicted molar refractivity (Wildman–Crippen MR) is 91.9 cm³/mol. The number of rotatable bonds is 7. The van der Waals surface area contributed by atoms with Crippen LogP contribution in [0.4, 0.5) is 0 Å². The molecule has 0 saturated carbocycles. The highest BCUT2D eigenvalue weighted by Gasteiger charge is 2.31. The van der Waals surface area contributed by atoms with Crippen LogP contribution in [0.2, 0.25) is 0 Å². The van der Waals surface area contributed by atoms with Crippen molar-refractivity contribution in [3.8, 4) is 11.5 Å². The Morgan fingerprint density at radius 2 is 2.16 bits per heavy atom. The molecule has 1 N–H and O–H groups in total. The number of methoxy groups -OCH3 is 2. The summed E-state index contributed by atoms with van der Waals surface area (Å²) in [5.41, 5.74) is 2.05. The van der Waals surface area contributed by atoms with Crippen LogP contribution in [-0.4, -0.2) is 37.4 Å². The molecule has 1 heterocycles. The summed E-state index contributed by atoms with van der Waals surface area (Å²) in [5, 5.41) is 10.5. The Hall–Kier alpha value is -2.19. The monoisotopic (exact) mass is 368 g/mol. The first-order valence-corrected chi connectivity index (χ1v) is 7.93. The first-order chi connectivity index (χ1) is 11.9. The van der Waals surface area contributed by atoms with Gasteiger partial charge in [-0.3, -0.25) is 4.79 Å². The van der Waals surface area contributed by atoms with Gasteiger partial charge in [-0.2, -0.15) is 0 Å². The number of phenolic OH excluding ortho intramolecular Hbond substituents is 1. The van der Waals surface area contributed by atoms with Gasteiger partial charge in [0.15, 0.2) is 0 Å². The lowest BCUT2D eigenvalue weighted by Gasteiger charge is -2.15. The van der Waals surface area contributed by atoms with Gasteiger partial charge in [0.1, 0.15) is 23.7 Å². The number of allylic oxidation sites excluding steroid dienone is 1. The molecule has 8 heteroatoms. The topological polar surface area (TPSA) is 91.3 Å². The van der Waals surface area contributed by atoms with E-state index in [9.17, 15) is 14.7 Å². The van der Waals surface area contributed by atoms with E-state index in [1.54, 1.807) is 12.2 Å². The predicted octanol–water partition coefficient (Wildman–Crippen LogP) is 2.27. The number of benzene rings is 1. The summed E-state index contributed by atoms with van der Waals surface area (Å²) in [6.07, 6.45) is 3.20. The maximum Gasteiger partial charge on any atom is 0.342 e. The lowest BCUT2D eigenvalue weighted by molar-refractivity contribution is -0.134. The second-order valence-electron chi connectivity index (χ2n) is 5.49. The van der Waals surface area contributed by atoms with Gasteiger partial charge < -0.3 is 23.5 Å². The van der Waals surface area contributed by atoms with Crippen LogP contribution in [0, 0.1) is 6.92 Å². The molecule has 2 rings (SSSR count). The zero-order chi connectivity index (χ0) is 18.6. The third kappa shape index (κ3) is 3.91. The molecule has 0 saturated heterocycles. The highest BCUT2D eigenvalue weighted by Crippen LogP contribution is 2.41. The Morgan fingerprint density at radius 3 is 2.76 bits per heavy atom. The summed E-state index contributed by atoms with van der Waals surface area (Å²) >= 11 is 3.45. The minimum absolute atomic E-state index is 0.00909. The molecule has 25 heavy (non-hydrogen) atoms. The third-order valence-corrected chi connectivity index (χ3v) is 4.30. The number of phenols is 1. The van der Waals surface area contributed by atoms with E-state index in [1.165, 1.54) is 14.2 Å². The third-order valence-electron chi connectivity index (χ3n) is 4.09. The van der Waals surface area contributed by atoms with Crippen LogP contribution in [0.25, 0.3) is 0 Å². The zero-order valence-electron chi connectivity index (χ0n) is 14.2. The molecule has 0 spiro atoms. The molecule has 1 aliphatic heterocycles. The number of hydrogen-bond donors (Lipinski definition) is 2. The molecule has 1 aromatic carbocycles. The highest BCUT2D eigenvalue weighted by molar-refractivity contribution is 7.75. The molecular formula is C17H20O7S. The summed E-state index contributed by atoms with van der Waals surface area (Å²) in [6, 6.07) is 0. The van der Waals surface area contributed by atoms with E-state index in [2.05, 4.69) is 17.1 Å². The number of thiol groups is 1. The molecule has 0 bridgehead atoms.